The average Bonchev–Trinajstić information content (AvgIpc) is 1.53. The number of aromatic nitrogens is 2. The molecule has 6 aliphatic carbocycles. The predicted octanol–water partition coefficient (Wildman–Crippen LogP) is 27.7. The fourth-order valence-corrected chi connectivity index (χ4v) is 21.7. The number of nitrogens with zero attached hydrogens (tertiary/aromatic N) is 4. The van der Waals surface area contributed by atoms with E-state index in [1.807, 2.05) is 0 Å². The van der Waals surface area contributed by atoms with Crippen LogP contribution in [0.4, 0.5) is 34.1 Å². The second kappa shape index (κ2) is 25.1. The molecule has 4 nitrogen and oxygen atoms in total. The SMILES string of the molecule is c1ccc(-c2ccc(N(c3ccc(-c4ccc5c(c4)c4ccccc4n5-c4ccccc4)cc3)c3ccc4c(c3)-c3ccccc3C43CC4CCC3C4)cc2)cc1.c1ccc(N(c2cccc(-c3ccc4c(c3)c3ccccc3n4-c3ccccc3)c2)c2cccc3c2-c2ccccc2C32CC3CCC2C3)cc1. The lowest BCUT2D eigenvalue weighted by Crippen LogP contribution is -2.31. The molecule has 6 aliphatic rings. The van der Waals surface area contributed by atoms with Gasteiger partial charge >= 0.3 is 0 Å². The molecule has 15 aromatic carbocycles. The number of fused-ring (bicyclic) bond motifs is 22. The number of hydrogen-bond donors (Lipinski definition) is 0. The highest BCUT2D eigenvalue weighted by molar-refractivity contribution is 6.12. The lowest BCUT2D eigenvalue weighted by atomic mass is 9.67. The van der Waals surface area contributed by atoms with Crippen LogP contribution in [0.1, 0.15) is 73.6 Å². The highest BCUT2D eigenvalue weighted by Gasteiger charge is 2.58. The van der Waals surface area contributed by atoms with Crippen molar-refractivity contribution in [2.45, 2.75) is 62.2 Å². The molecule has 6 atom stereocenters. The van der Waals surface area contributed by atoms with Gasteiger partial charge in [0, 0.05) is 77.8 Å². The van der Waals surface area contributed by atoms with E-state index in [1.54, 1.807) is 22.3 Å². The van der Waals surface area contributed by atoms with Gasteiger partial charge in [0.1, 0.15) is 0 Å². The zero-order valence-electron chi connectivity index (χ0n) is 60.4. The van der Waals surface area contributed by atoms with Crippen molar-refractivity contribution in [3.05, 3.63) is 386 Å². The zero-order valence-corrected chi connectivity index (χ0v) is 60.4. The van der Waals surface area contributed by atoms with Crippen LogP contribution in [0.25, 0.3) is 111 Å². The largest absolute Gasteiger partial charge is 0.310 e. The molecule has 516 valence electrons. The summed E-state index contributed by atoms with van der Waals surface area (Å²) in [4.78, 5) is 4.95. The topological polar surface area (TPSA) is 16.3 Å². The summed E-state index contributed by atoms with van der Waals surface area (Å²) in [6.07, 6.45) is 10.8. The molecular weight excluding hydrogens is 1310 g/mol. The van der Waals surface area contributed by atoms with Crippen LogP contribution in [0.2, 0.25) is 0 Å². The number of rotatable bonds is 11. The van der Waals surface area contributed by atoms with Crippen LogP contribution in [-0.2, 0) is 10.8 Å². The van der Waals surface area contributed by atoms with Gasteiger partial charge in [-0.2, -0.15) is 0 Å². The van der Waals surface area contributed by atoms with E-state index in [0.29, 0.717) is 0 Å². The van der Waals surface area contributed by atoms with Crippen molar-refractivity contribution in [2.75, 3.05) is 9.80 Å². The lowest BCUT2D eigenvalue weighted by Gasteiger charge is -2.37. The van der Waals surface area contributed by atoms with E-state index in [-0.39, 0.29) is 10.8 Å². The number of hydrogen-bond acceptors (Lipinski definition) is 2. The molecule has 6 unspecified atom stereocenters. The molecule has 2 heterocycles. The molecule has 108 heavy (non-hydrogen) atoms. The fraction of sp³-hybridized carbons (Fsp3) is 0.135. The fourth-order valence-electron chi connectivity index (χ4n) is 21.7. The van der Waals surface area contributed by atoms with Gasteiger partial charge in [-0.1, -0.05) is 249 Å². The highest BCUT2D eigenvalue weighted by Crippen LogP contribution is 2.68. The first-order valence-electron chi connectivity index (χ1n) is 39.2. The van der Waals surface area contributed by atoms with Crippen LogP contribution in [0, 0.1) is 23.7 Å². The first-order valence-corrected chi connectivity index (χ1v) is 39.2. The summed E-state index contributed by atoms with van der Waals surface area (Å²) in [5.41, 5.74) is 33.9. The predicted molar refractivity (Wildman–Crippen MR) is 451 cm³/mol. The Hall–Kier alpha value is -12.5. The molecular formula is C104H80N4. The Bertz CT molecular complexity index is 6350. The van der Waals surface area contributed by atoms with Crippen LogP contribution in [0.15, 0.2) is 364 Å². The molecule has 0 N–H and O–H groups in total. The molecule has 0 saturated heterocycles. The van der Waals surface area contributed by atoms with Crippen molar-refractivity contribution >= 4 is 77.7 Å². The molecule has 0 radical (unpaired) electrons. The van der Waals surface area contributed by atoms with Gasteiger partial charge in [0.15, 0.2) is 0 Å². The number of anilines is 6. The standard InChI is InChI=1S/C55H42N2.C49H38N2/c1-3-11-38(12-4-1)39-20-26-44(27-21-39)56(46-30-31-52-49(35-46)47-15-7-9-17-51(47)55(52)36-37-19-25-42(55)33-37)45-28-22-40(23-29-45)41-24-32-54-50(34-41)48-16-8-10-18-53(48)57(54)43-13-5-2-6-14-43;1-3-14-37(15-4-1)50(47-24-12-22-44-48(47)41-20-7-9-21-43(41)49(44)32-33-25-27-36(49)29-33)39-18-11-13-34(30-39)35-26-28-46-42(31-35)40-19-8-10-23-45(40)51(46)38-16-5-2-6-17-38/h1-18,20-24,26-32,34-35,37,42H,19,25,33,36H2;1-24,26,28,30-31,33,36H,25,27,29,32H2. The quantitative estimate of drug-likeness (QED) is 0.128. The molecule has 4 heteroatoms. The lowest BCUT2D eigenvalue weighted by molar-refractivity contribution is 0.327. The molecule has 17 aromatic rings. The van der Waals surface area contributed by atoms with Crippen LogP contribution >= 0.6 is 0 Å². The summed E-state index contributed by atoms with van der Waals surface area (Å²) >= 11 is 0. The van der Waals surface area contributed by atoms with Crippen molar-refractivity contribution in [1.29, 1.82) is 0 Å². The summed E-state index contributed by atoms with van der Waals surface area (Å²) in [6, 6.07) is 135. The van der Waals surface area contributed by atoms with E-state index in [0.717, 1.165) is 35.0 Å². The van der Waals surface area contributed by atoms with E-state index >= 15 is 0 Å². The third kappa shape index (κ3) is 9.75. The van der Waals surface area contributed by atoms with E-state index in [4.69, 9.17) is 0 Å². The van der Waals surface area contributed by atoms with Crippen LogP contribution in [-0.4, -0.2) is 9.13 Å². The number of para-hydroxylation sites is 5. The average molecular weight is 1390 g/mol. The van der Waals surface area contributed by atoms with Gasteiger partial charge in [-0.3, -0.25) is 0 Å². The van der Waals surface area contributed by atoms with E-state index in [2.05, 4.69) is 383 Å². The Morgan fingerprint density at radius 3 is 1.23 bits per heavy atom. The van der Waals surface area contributed by atoms with Crippen molar-refractivity contribution in [3.8, 4) is 67.0 Å². The van der Waals surface area contributed by atoms with Gasteiger partial charge in [-0.15, -0.1) is 0 Å². The Labute approximate surface area is 631 Å². The molecule has 0 aliphatic heterocycles. The van der Waals surface area contributed by atoms with E-state index < -0.39 is 0 Å². The number of benzene rings is 15. The van der Waals surface area contributed by atoms with Crippen LogP contribution in [0.5, 0.6) is 0 Å². The first kappa shape index (κ1) is 62.8. The molecule has 2 spiro atoms. The van der Waals surface area contributed by atoms with Gasteiger partial charge in [0.25, 0.3) is 0 Å². The monoisotopic (exact) mass is 1380 g/mol. The Morgan fingerprint density at radius 2 is 0.648 bits per heavy atom. The first-order chi connectivity index (χ1) is 53.5. The van der Waals surface area contributed by atoms with Crippen molar-refractivity contribution in [3.63, 3.8) is 0 Å². The molecule has 4 bridgehead atoms. The molecule has 23 rings (SSSR count). The van der Waals surface area contributed by atoms with Gasteiger partial charge in [0.2, 0.25) is 0 Å². The van der Waals surface area contributed by atoms with E-state index in [1.165, 1.54) is 185 Å². The Morgan fingerprint density at radius 1 is 0.250 bits per heavy atom. The minimum atomic E-state index is 0.142. The third-order valence-corrected chi connectivity index (χ3v) is 26.1. The van der Waals surface area contributed by atoms with Gasteiger partial charge < -0.3 is 18.9 Å². The van der Waals surface area contributed by atoms with Crippen molar-refractivity contribution in [2.24, 2.45) is 23.7 Å². The Balaban J connectivity index is 0.000000135. The van der Waals surface area contributed by atoms with Gasteiger partial charge in [-0.25, -0.2) is 0 Å². The normalized spacial score (nSPS) is 19.4. The summed E-state index contributed by atoms with van der Waals surface area (Å²) < 4.78 is 4.77. The van der Waals surface area contributed by atoms with Gasteiger partial charge in [0.05, 0.1) is 27.8 Å². The summed E-state index contributed by atoms with van der Waals surface area (Å²) in [7, 11) is 0. The second-order valence-electron chi connectivity index (χ2n) is 31.5. The Kier molecular flexibility index (Phi) is 14.6. The minimum absolute atomic E-state index is 0.142. The maximum absolute atomic E-state index is 2.51. The molecule has 4 fully saturated rings. The zero-order chi connectivity index (χ0) is 71.0. The van der Waals surface area contributed by atoms with Crippen molar-refractivity contribution in [1.82, 2.24) is 9.13 Å². The van der Waals surface area contributed by atoms with Gasteiger partial charge in [-0.05, 0) is 262 Å². The smallest absolute Gasteiger partial charge is 0.0543 e. The summed E-state index contributed by atoms with van der Waals surface area (Å²) in [5.74, 6) is 3.18. The van der Waals surface area contributed by atoms with Crippen LogP contribution in [0.3, 0.4) is 0 Å². The maximum Gasteiger partial charge on any atom is 0.0543 e. The third-order valence-electron chi connectivity index (χ3n) is 26.1. The molecule has 4 saturated carbocycles. The van der Waals surface area contributed by atoms with Crippen LogP contribution < -0.4 is 9.80 Å². The maximum atomic E-state index is 2.51. The molecule has 2 aromatic heterocycles. The summed E-state index contributed by atoms with van der Waals surface area (Å²) in [6.45, 7) is 0. The van der Waals surface area contributed by atoms with Crippen molar-refractivity contribution < 1.29 is 0 Å². The highest BCUT2D eigenvalue weighted by atomic mass is 15.2. The minimum Gasteiger partial charge on any atom is -0.310 e. The van der Waals surface area contributed by atoms with E-state index in [9.17, 15) is 0 Å². The second-order valence-corrected chi connectivity index (χ2v) is 31.5. The molecule has 0 amide bonds. The summed E-state index contributed by atoms with van der Waals surface area (Å²) in [5, 5.41) is 5.08.